The zero-order chi connectivity index (χ0) is 16.4. The average Bonchev–Trinajstić information content (AvgIpc) is 2.82. The topological polar surface area (TPSA) is 52.2 Å². The summed E-state index contributed by atoms with van der Waals surface area (Å²) >= 11 is 12.1. The SMILES string of the molecule is Cc1cc(C(=O)N2CCCN(c3ccc(Cl)c(Cl)c3)CC2)n[nH]1. The predicted molar refractivity (Wildman–Crippen MR) is 92.5 cm³/mol. The molecule has 1 amide bonds. The summed E-state index contributed by atoms with van der Waals surface area (Å²) in [6, 6.07) is 7.42. The van der Waals surface area contributed by atoms with Crippen LogP contribution in [0.25, 0.3) is 0 Å². The quantitative estimate of drug-likeness (QED) is 0.901. The lowest BCUT2D eigenvalue weighted by Crippen LogP contribution is -2.35. The summed E-state index contributed by atoms with van der Waals surface area (Å²) in [6.45, 7) is 4.90. The number of carbonyl (C=O) groups is 1. The van der Waals surface area contributed by atoms with Gasteiger partial charge < -0.3 is 9.80 Å². The number of nitrogens with zero attached hydrogens (tertiary/aromatic N) is 3. The second-order valence-electron chi connectivity index (χ2n) is 5.67. The fraction of sp³-hybridized carbons (Fsp3) is 0.375. The Bertz CT molecular complexity index is 716. The minimum absolute atomic E-state index is 0.0228. The van der Waals surface area contributed by atoms with Crippen molar-refractivity contribution in [3.8, 4) is 0 Å². The lowest BCUT2D eigenvalue weighted by molar-refractivity contribution is 0.0761. The van der Waals surface area contributed by atoms with Crippen molar-refractivity contribution in [3.05, 3.63) is 45.7 Å². The Balaban J connectivity index is 1.69. The monoisotopic (exact) mass is 352 g/mol. The highest BCUT2D eigenvalue weighted by atomic mass is 35.5. The van der Waals surface area contributed by atoms with Gasteiger partial charge in [-0.25, -0.2) is 0 Å². The van der Waals surface area contributed by atoms with Gasteiger partial charge in [-0.05, 0) is 37.6 Å². The Morgan fingerprint density at radius 1 is 1.13 bits per heavy atom. The van der Waals surface area contributed by atoms with Crippen LogP contribution in [0.4, 0.5) is 5.69 Å². The van der Waals surface area contributed by atoms with E-state index in [0.717, 1.165) is 37.4 Å². The van der Waals surface area contributed by atoms with E-state index in [0.29, 0.717) is 22.3 Å². The van der Waals surface area contributed by atoms with Crippen LogP contribution in [0.5, 0.6) is 0 Å². The van der Waals surface area contributed by atoms with Crippen LogP contribution in [0.15, 0.2) is 24.3 Å². The Labute approximate surface area is 145 Å². The number of aryl methyl sites for hydroxylation is 1. The molecule has 1 aliphatic heterocycles. The number of carbonyl (C=O) groups excluding carboxylic acids is 1. The zero-order valence-corrected chi connectivity index (χ0v) is 14.4. The zero-order valence-electron chi connectivity index (χ0n) is 12.9. The number of halogens is 2. The minimum Gasteiger partial charge on any atom is -0.370 e. The number of hydrogen-bond acceptors (Lipinski definition) is 3. The maximum absolute atomic E-state index is 12.5. The number of nitrogens with one attached hydrogen (secondary N) is 1. The smallest absolute Gasteiger partial charge is 0.274 e. The molecule has 1 N–H and O–H groups in total. The van der Waals surface area contributed by atoms with Gasteiger partial charge in [0, 0.05) is 37.6 Å². The number of H-pyrrole nitrogens is 1. The van der Waals surface area contributed by atoms with Crippen molar-refractivity contribution in [3.63, 3.8) is 0 Å². The molecule has 0 atom stereocenters. The number of anilines is 1. The number of benzene rings is 1. The third kappa shape index (κ3) is 3.62. The van der Waals surface area contributed by atoms with Crippen LogP contribution >= 0.6 is 23.2 Å². The van der Waals surface area contributed by atoms with E-state index < -0.39 is 0 Å². The Kier molecular flexibility index (Phi) is 4.78. The molecule has 2 aromatic rings. The van der Waals surface area contributed by atoms with Gasteiger partial charge in [-0.15, -0.1) is 0 Å². The van der Waals surface area contributed by atoms with Crippen LogP contribution in [0, 0.1) is 6.92 Å². The highest BCUT2D eigenvalue weighted by Gasteiger charge is 2.22. The van der Waals surface area contributed by atoms with E-state index in [4.69, 9.17) is 23.2 Å². The third-order valence-electron chi connectivity index (χ3n) is 3.98. The predicted octanol–water partition coefficient (Wildman–Crippen LogP) is 3.38. The van der Waals surface area contributed by atoms with Crippen molar-refractivity contribution < 1.29 is 4.79 Å². The highest BCUT2D eigenvalue weighted by molar-refractivity contribution is 6.42. The van der Waals surface area contributed by atoms with E-state index in [9.17, 15) is 4.79 Å². The summed E-state index contributed by atoms with van der Waals surface area (Å²) < 4.78 is 0. The number of amides is 1. The summed E-state index contributed by atoms with van der Waals surface area (Å²) in [5.41, 5.74) is 2.40. The maximum atomic E-state index is 12.5. The molecule has 0 aliphatic carbocycles. The normalized spacial score (nSPS) is 15.6. The van der Waals surface area contributed by atoms with E-state index in [1.54, 1.807) is 12.1 Å². The minimum atomic E-state index is -0.0228. The van der Waals surface area contributed by atoms with Gasteiger partial charge in [-0.1, -0.05) is 23.2 Å². The molecule has 23 heavy (non-hydrogen) atoms. The van der Waals surface area contributed by atoms with Gasteiger partial charge in [-0.3, -0.25) is 9.89 Å². The molecule has 1 saturated heterocycles. The molecule has 1 aliphatic rings. The Hall–Kier alpha value is -1.72. The Morgan fingerprint density at radius 2 is 1.96 bits per heavy atom. The number of rotatable bonds is 2. The molecule has 2 heterocycles. The molecule has 0 radical (unpaired) electrons. The first-order valence-corrected chi connectivity index (χ1v) is 8.31. The highest BCUT2D eigenvalue weighted by Crippen LogP contribution is 2.27. The molecule has 1 aromatic carbocycles. The Morgan fingerprint density at radius 3 is 2.65 bits per heavy atom. The van der Waals surface area contributed by atoms with Crippen LogP contribution in [-0.2, 0) is 0 Å². The molecule has 0 spiro atoms. The second-order valence-corrected chi connectivity index (χ2v) is 6.48. The van der Waals surface area contributed by atoms with Crippen LogP contribution in [0.1, 0.15) is 22.6 Å². The summed E-state index contributed by atoms with van der Waals surface area (Å²) in [5, 5.41) is 7.97. The molecule has 1 aromatic heterocycles. The molecule has 0 bridgehead atoms. The van der Waals surface area contributed by atoms with E-state index in [-0.39, 0.29) is 5.91 Å². The maximum Gasteiger partial charge on any atom is 0.274 e. The van der Waals surface area contributed by atoms with Gasteiger partial charge in [0.05, 0.1) is 10.0 Å². The lowest BCUT2D eigenvalue weighted by atomic mass is 10.2. The number of aromatic nitrogens is 2. The van der Waals surface area contributed by atoms with E-state index in [2.05, 4.69) is 15.1 Å². The van der Waals surface area contributed by atoms with Crippen LogP contribution in [0.3, 0.4) is 0 Å². The van der Waals surface area contributed by atoms with E-state index in [1.165, 1.54) is 0 Å². The second kappa shape index (κ2) is 6.81. The molecular weight excluding hydrogens is 335 g/mol. The van der Waals surface area contributed by atoms with Crippen molar-refractivity contribution in [2.24, 2.45) is 0 Å². The van der Waals surface area contributed by atoms with Crippen LogP contribution in [0.2, 0.25) is 10.0 Å². The van der Waals surface area contributed by atoms with Gasteiger partial charge in [-0.2, -0.15) is 5.10 Å². The molecule has 0 unspecified atom stereocenters. The fourth-order valence-corrected chi connectivity index (χ4v) is 3.04. The lowest BCUT2D eigenvalue weighted by Gasteiger charge is -2.23. The molecule has 1 fully saturated rings. The molecule has 122 valence electrons. The first-order valence-electron chi connectivity index (χ1n) is 7.56. The number of aromatic amines is 1. The molecule has 5 nitrogen and oxygen atoms in total. The largest absolute Gasteiger partial charge is 0.370 e. The van der Waals surface area contributed by atoms with Gasteiger partial charge >= 0.3 is 0 Å². The standard InChI is InChI=1S/C16H18Cl2N4O/c1-11-9-15(20-19-11)16(23)22-6-2-5-21(7-8-22)12-3-4-13(17)14(18)10-12/h3-4,9-10H,2,5-8H2,1H3,(H,19,20). The van der Waals surface area contributed by atoms with Crippen molar-refractivity contribution in [1.82, 2.24) is 15.1 Å². The summed E-state index contributed by atoms with van der Waals surface area (Å²) in [5.74, 6) is -0.0228. The number of hydrogen-bond donors (Lipinski definition) is 1. The summed E-state index contributed by atoms with van der Waals surface area (Å²) in [7, 11) is 0. The van der Waals surface area contributed by atoms with Gasteiger partial charge in [0.2, 0.25) is 0 Å². The van der Waals surface area contributed by atoms with Crippen molar-refractivity contribution in [2.45, 2.75) is 13.3 Å². The molecular formula is C16H18Cl2N4O. The van der Waals surface area contributed by atoms with Gasteiger partial charge in [0.25, 0.3) is 5.91 Å². The average molecular weight is 353 g/mol. The molecule has 3 rings (SSSR count). The van der Waals surface area contributed by atoms with Crippen LogP contribution < -0.4 is 4.90 Å². The first-order chi connectivity index (χ1) is 11.0. The summed E-state index contributed by atoms with van der Waals surface area (Å²) in [4.78, 5) is 16.6. The van der Waals surface area contributed by atoms with Crippen molar-refractivity contribution >= 4 is 34.8 Å². The van der Waals surface area contributed by atoms with Gasteiger partial charge in [0.1, 0.15) is 5.69 Å². The van der Waals surface area contributed by atoms with E-state index in [1.807, 2.05) is 24.0 Å². The van der Waals surface area contributed by atoms with Crippen molar-refractivity contribution in [2.75, 3.05) is 31.1 Å². The third-order valence-corrected chi connectivity index (χ3v) is 4.72. The summed E-state index contributed by atoms with van der Waals surface area (Å²) in [6.07, 6.45) is 0.898. The van der Waals surface area contributed by atoms with Gasteiger partial charge in [0.15, 0.2) is 0 Å². The first kappa shape index (κ1) is 16.1. The van der Waals surface area contributed by atoms with E-state index >= 15 is 0 Å². The van der Waals surface area contributed by atoms with Crippen molar-refractivity contribution in [1.29, 1.82) is 0 Å². The molecule has 7 heteroatoms. The fourth-order valence-electron chi connectivity index (χ4n) is 2.75. The van der Waals surface area contributed by atoms with Crippen LogP contribution in [-0.4, -0.2) is 47.2 Å². The molecule has 0 saturated carbocycles.